The van der Waals surface area contributed by atoms with Crippen molar-refractivity contribution in [1.82, 2.24) is 4.98 Å². The Bertz CT molecular complexity index is 448. The molecule has 2 N–H and O–H groups in total. The van der Waals surface area contributed by atoms with Gasteiger partial charge >= 0.3 is 0 Å². The van der Waals surface area contributed by atoms with Gasteiger partial charge in [-0.05, 0) is 52.6 Å². The molecule has 0 saturated heterocycles. The minimum Gasteiger partial charge on any atom is -0.474 e. The smallest absolute Gasteiger partial charge is 0.218 e. The van der Waals surface area contributed by atoms with E-state index in [1.165, 1.54) is 6.42 Å². The van der Waals surface area contributed by atoms with E-state index in [4.69, 9.17) is 10.5 Å². The van der Waals surface area contributed by atoms with Crippen molar-refractivity contribution in [1.29, 1.82) is 0 Å². The Labute approximate surface area is 124 Å². The first-order valence-corrected chi connectivity index (χ1v) is 7.70. The highest BCUT2D eigenvalue weighted by atomic mass is 79.9. The zero-order valence-electron chi connectivity index (χ0n) is 11.9. The lowest BCUT2D eigenvalue weighted by atomic mass is 9.71. The van der Waals surface area contributed by atoms with Crippen molar-refractivity contribution < 1.29 is 4.74 Å². The second kappa shape index (κ2) is 5.80. The molecule has 2 rings (SSSR count). The predicted molar refractivity (Wildman–Crippen MR) is 81.0 cm³/mol. The maximum Gasteiger partial charge on any atom is 0.218 e. The molecule has 1 aliphatic rings. The van der Waals surface area contributed by atoms with Crippen molar-refractivity contribution in [3.8, 4) is 5.88 Å². The van der Waals surface area contributed by atoms with Gasteiger partial charge in [0.25, 0.3) is 0 Å². The lowest BCUT2D eigenvalue weighted by Gasteiger charge is -2.38. The number of rotatable bonds is 3. The minimum absolute atomic E-state index is 0.248. The number of hydrogen-bond donors (Lipinski definition) is 1. The van der Waals surface area contributed by atoms with Crippen molar-refractivity contribution >= 4 is 15.9 Å². The average molecular weight is 327 g/mol. The molecule has 0 spiro atoms. The standard InChI is InChI=1S/C15H23BrN2O/c1-10-4-13(7-15(2,3)6-10)19-14-11(8-17)5-12(16)9-18-14/h5,9-10,13H,4,6-8,17H2,1-3H3. The van der Waals surface area contributed by atoms with Crippen molar-refractivity contribution in [3.05, 3.63) is 22.3 Å². The highest BCUT2D eigenvalue weighted by Gasteiger charge is 2.33. The van der Waals surface area contributed by atoms with Crippen LogP contribution < -0.4 is 10.5 Å². The number of aromatic nitrogens is 1. The first-order valence-electron chi connectivity index (χ1n) is 6.91. The van der Waals surface area contributed by atoms with E-state index >= 15 is 0 Å². The number of hydrogen-bond acceptors (Lipinski definition) is 3. The van der Waals surface area contributed by atoms with Crippen LogP contribution in [0.2, 0.25) is 0 Å². The maximum atomic E-state index is 6.13. The summed E-state index contributed by atoms with van der Waals surface area (Å²) in [5.74, 6) is 1.39. The van der Waals surface area contributed by atoms with Gasteiger partial charge in [0.2, 0.25) is 5.88 Å². The molecule has 1 heterocycles. The fraction of sp³-hybridized carbons (Fsp3) is 0.667. The summed E-state index contributed by atoms with van der Waals surface area (Å²) < 4.78 is 7.07. The summed E-state index contributed by atoms with van der Waals surface area (Å²) >= 11 is 3.42. The summed E-state index contributed by atoms with van der Waals surface area (Å²) in [5.41, 5.74) is 7.08. The topological polar surface area (TPSA) is 48.1 Å². The van der Waals surface area contributed by atoms with Crippen LogP contribution in [0.4, 0.5) is 0 Å². The van der Waals surface area contributed by atoms with E-state index in [0.717, 1.165) is 22.9 Å². The Morgan fingerprint density at radius 1 is 1.47 bits per heavy atom. The molecular formula is C15H23BrN2O. The van der Waals surface area contributed by atoms with Crippen LogP contribution in [0.5, 0.6) is 5.88 Å². The summed E-state index contributed by atoms with van der Waals surface area (Å²) in [6, 6.07) is 1.99. The molecule has 1 aromatic rings. The minimum atomic E-state index is 0.248. The second-order valence-electron chi connectivity index (χ2n) is 6.48. The first-order chi connectivity index (χ1) is 8.89. The van der Waals surface area contributed by atoms with Crippen LogP contribution in [0.3, 0.4) is 0 Å². The van der Waals surface area contributed by atoms with Crippen LogP contribution in [-0.2, 0) is 6.54 Å². The molecule has 0 amide bonds. The summed E-state index contributed by atoms with van der Waals surface area (Å²) in [5, 5.41) is 0. The number of halogens is 1. The van der Waals surface area contributed by atoms with E-state index in [1.807, 2.05) is 6.07 Å². The molecule has 2 atom stereocenters. The zero-order valence-corrected chi connectivity index (χ0v) is 13.5. The number of nitrogens with zero attached hydrogens (tertiary/aromatic N) is 1. The van der Waals surface area contributed by atoms with E-state index in [0.29, 0.717) is 23.8 Å². The van der Waals surface area contributed by atoms with Crippen LogP contribution in [0.25, 0.3) is 0 Å². The Morgan fingerprint density at radius 2 is 2.21 bits per heavy atom. The number of pyridine rings is 1. The third-order valence-corrected chi connectivity index (χ3v) is 4.17. The monoisotopic (exact) mass is 326 g/mol. The maximum absolute atomic E-state index is 6.13. The van der Waals surface area contributed by atoms with Crippen LogP contribution >= 0.6 is 15.9 Å². The molecule has 1 aromatic heterocycles. The molecule has 19 heavy (non-hydrogen) atoms. The average Bonchev–Trinajstić information content (AvgIpc) is 2.28. The van der Waals surface area contributed by atoms with Gasteiger partial charge in [0.1, 0.15) is 6.10 Å². The highest BCUT2D eigenvalue weighted by molar-refractivity contribution is 9.10. The fourth-order valence-electron chi connectivity index (χ4n) is 3.23. The SMILES string of the molecule is CC1CC(Oc2ncc(Br)cc2CN)CC(C)(C)C1. The molecule has 1 saturated carbocycles. The quantitative estimate of drug-likeness (QED) is 0.916. The van der Waals surface area contributed by atoms with Gasteiger partial charge in [-0.25, -0.2) is 4.98 Å². The van der Waals surface area contributed by atoms with Gasteiger partial charge in [-0.1, -0.05) is 20.8 Å². The van der Waals surface area contributed by atoms with Crippen LogP contribution in [0.15, 0.2) is 16.7 Å². The van der Waals surface area contributed by atoms with Gasteiger partial charge in [-0.15, -0.1) is 0 Å². The van der Waals surface area contributed by atoms with E-state index in [-0.39, 0.29) is 6.10 Å². The lowest BCUT2D eigenvalue weighted by molar-refractivity contribution is 0.0525. The second-order valence-corrected chi connectivity index (χ2v) is 7.39. The van der Waals surface area contributed by atoms with E-state index in [1.54, 1.807) is 6.20 Å². The first kappa shape index (κ1) is 14.8. The van der Waals surface area contributed by atoms with Crippen LogP contribution in [-0.4, -0.2) is 11.1 Å². The molecule has 2 unspecified atom stereocenters. The zero-order chi connectivity index (χ0) is 14.0. The Morgan fingerprint density at radius 3 is 2.84 bits per heavy atom. The Kier molecular flexibility index (Phi) is 4.51. The van der Waals surface area contributed by atoms with Crippen molar-refractivity contribution in [3.63, 3.8) is 0 Å². The third kappa shape index (κ3) is 3.93. The van der Waals surface area contributed by atoms with E-state index < -0.39 is 0 Å². The summed E-state index contributed by atoms with van der Waals surface area (Å²) in [7, 11) is 0. The molecule has 3 nitrogen and oxygen atoms in total. The summed E-state index contributed by atoms with van der Waals surface area (Å²) in [6.45, 7) is 7.39. The number of ether oxygens (including phenoxy) is 1. The molecule has 1 fully saturated rings. The van der Waals surface area contributed by atoms with Crippen molar-refractivity contribution in [2.75, 3.05) is 0 Å². The summed E-state index contributed by atoms with van der Waals surface area (Å²) in [6.07, 6.45) is 5.47. The molecule has 1 aliphatic carbocycles. The molecular weight excluding hydrogens is 304 g/mol. The van der Waals surface area contributed by atoms with Gasteiger partial charge in [0, 0.05) is 22.8 Å². The van der Waals surface area contributed by atoms with Gasteiger partial charge in [0.05, 0.1) is 0 Å². The van der Waals surface area contributed by atoms with Gasteiger partial charge < -0.3 is 10.5 Å². The molecule has 0 aliphatic heterocycles. The molecule has 0 bridgehead atoms. The highest BCUT2D eigenvalue weighted by Crippen LogP contribution is 2.40. The van der Waals surface area contributed by atoms with Crippen molar-refractivity contribution in [2.24, 2.45) is 17.1 Å². The summed E-state index contributed by atoms with van der Waals surface area (Å²) in [4.78, 5) is 4.37. The third-order valence-electron chi connectivity index (χ3n) is 3.74. The predicted octanol–water partition coefficient (Wildman–Crippen LogP) is 3.90. The molecule has 106 valence electrons. The van der Waals surface area contributed by atoms with Crippen LogP contribution in [0, 0.1) is 11.3 Å². The fourth-order valence-corrected chi connectivity index (χ4v) is 3.61. The largest absolute Gasteiger partial charge is 0.474 e. The number of nitrogens with two attached hydrogens (primary N) is 1. The van der Waals surface area contributed by atoms with Gasteiger partial charge in [-0.3, -0.25) is 0 Å². The van der Waals surface area contributed by atoms with Crippen LogP contribution in [0.1, 0.15) is 45.6 Å². The Hall–Kier alpha value is -0.610. The van der Waals surface area contributed by atoms with E-state index in [9.17, 15) is 0 Å². The normalized spacial score (nSPS) is 26.2. The Balaban J connectivity index is 2.12. The van der Waals surface area contributed by atoms with E-state index in [2.05, 4.69) is 41.7 Å². The molecule has 4 heteroatoms. The van der Waals surface area contributed by atoms with Gasteiger partial charge in [-0.2, -0.15) is 0 Å². The lowest BCUT2D eigenvalue weighted by Crippen LogP contribution is -2.34. The van der Waals surface area contributed by atoms with Crippen molar-refractivity contribution in [2.45, 2.75) is 52.7 Å². The molecule has 0 aromatic carbocycles. The molecule has 0 radical (unpaired) electrons. The van der Waals surface area contributed by atoms with Gasteiger partial charge in [0.15, 0.2) is 0 Å².